The second-order valence-electron chi connectivity index (χ2n) is 6.81. The highest BCUT2D eigenvalue weighted by molar-refractivity contribution is 5.86. The standard InChI is InChI=1S/C15H29N3O/c1-12(2)11-18-9-5-13(6-10-18)17-14(19)15(16)7-3-4-8-15/h12-13H,3-11,16H2,1-2H3,(H,17,19). The fourth-order valence-electron chi connectivity index (χ4n) is 3.34. The van der Waals surface area contributed by atoms with E-state index < -0.39 is 5.54 Å². The third-order valence-electron chi connectivity index (χ3n) is 4.49. The van der Waals surface area contributed by atoms with Crippen molar-refractivity contribution in [2.45, 2.75) is 64.0 Å². The Balaban J connectivity index is 1.75. The molecule has 1 saturated heterocycles. The third kappa shape index (κ3) is 3.93. The molecule has 1 aliphatic carbocycles. The summed E-state index contributed by atoms with van der Waals surface area (Å²) in [6.07, 6.45) is 6.02. The molecule has 2 aliphatic rings. The van der Waals surface area contributed by atoms with Crippen molar-refractivity contribution in [3.05, 3.63) is 0 Å². The molecule has 0 radical (unpaired) electrons. The van der Waals surface area contributed by atoms with E-state index in [9.17, 15) is 4.79 Å². The largest absolute Gasteiger partial charge is 0.352 e. The number of amides is 1. The number of nitrogens with zero attached hydrogens (tertiary/aromatic N) is 1. The Labute approximate surface area is 117 Å². The van der Waals surface area contributed by atoms with Crippen molar-refractivity contribution in [3.63, 3.8) is 0 Å². The fraction of sp³-hybridized carbons (Fsp3) is 0.933. The molecule has 4 heteroatoms. The molecule has 0 bridgehead atoms. The summed E-state index contributed by atoms with van der Waals surface area (Å²) >= 11 is 0. The lowest BCUT2D eigenvalue weighted by Gasteiger charge is -2.35. The van der Waals surface area contributed by atoms with Crippen LogP contribution in [-0.4, -0.2) is 42.0 Å². The maximum Gasteiger partial charge on any atom is 0.240 e. The van der Waals surface area contributed by atoms with E-state index in [0.29, 0.717) is 6.04 Å². The van der Waals surface area contributed by atoms with Gasteiger partial charge < -0.3 is 16.0 Å². The van der Waals surface area contributed by atoms with Gasteiger partial charge >= 0.3 is 0 Å². The van der Waals surface area contributed by atoms with Gasteiger partial charge in [-0.25, -0.2) is 0 Å². The molecule has 1 aliphatic heterocycles. The van der Waals surface area contributed by atoms with E-state index in [4.69, 9.17) is 5.73 Å². The number of nitrogens with one attached hydrogen (secondary N) is 1. The average Bonchev–Trinajstić information content (AvgIpc) is 2.79. The van der Waals surface area contributed by atoms with E-state index >= 15 is 0 Å². The summed E-state index contributed by atoms with van der Waals surface area (Å²) in [6.45, 7) is 7.88. The zero-order chi connectivity index (χ0) is 13.9. The maximum atomic E-state index is 12.2. The summed E-state index contributed by atoms with van der Waals surface area (Å²) in [5.74, 6) is 0.809. The van der Waals surface area contributed by atoms with Crippen molar-refractivity contribution < 1.29 is 4.79 Å². The van der Waals surface area contributed by atoms with Gasteiger partial charge in [0, 0.05) is 25.7 Å². The lowest BCUT2D eigenvalue weighted by atomic mass is 9.96. The molecule has 0 aromatic heterocycles. The average molecular weight is 267 g/mol. The first-order valence-electron chi connectivity index (χ1n) is 7.82. The lowest BCUT2D eigenvalue weighted by molar-refractivity contribution is -0.127. The number of likely N-dealkylation sites (tertiary alicyclic amines) is 1. The van der Waals surface area contributed by atoms with Crippen LogP contribution in [0.15, 0.2) is 0 Å². The smallest absolute Gasteiger partial charge is 0.240 e. The summed E-state index contributed by atoms with van der Waals surface area (Å²) in [4.78, 5) is 14.7. The molecule has 4 nitrogen and oxygen atoms in total. The highest BCUT2D eigenvalue weighted by atomic mass is 16.2. The van der Waals surface area contributed by atoms with Crippen LogP contribution in [0.2, 0.25) is 0 Å². The van der Waals surface area contributed by atoms with E-state index in [1.807, 2.05) is 0 Å². The minimum absolute atomic E-state index is 0.0901. The highest BCUT2D eigenvalue weighted by Gasteiger charge is 2.38. The molecule has 19 heavy (non-hydrogen) atoms. The maximum absolute atomic E-state index is 12.2. The zero-order valence-corrected chi connectivity index (χ0v) is 12.5. The Bertz CT molecular complexity index is 303. The van der Waals surface area contributed by atoms with Gasteiger partial charge in [-0.3, -0.25) is 4.79 Å². The molecule has 0 aromatic carbocycles. The Morgan fingerprint density at radius 1 is 1.32 bits per heavy atom. The van der Waals surface area contributed by atoms with Crippen LogP contribution >= 0.6 is 0 Å². The lowest BCUT2D eigenvalue weighted by Crippen LogP contribution is -2.56. The van der Waals surface area contributed by atoms with Gasteiger partial charge in [0.25, 0.3) is 0 Å². The van der Waals surface area contributed by atoms with Gasteiger partial charge in [0.05, 0.1) is 5.54 Å². The predicted octanol–water partition coefficient (Wildman–Crippen LogP) is 1.49. The minimum Gasteiger partial charge on any atom is -0.352 e. The molecule has 110 valence electrons. The predicted molar refractivity (Wildman–Crippen MR) is 77.8 cm³/mol. The van der Waals surface area contributed by atoms with Crippen LogP contribution in [0.25, 0.3) is 0 Å². The molecule has 2 rings (SSSR count). The second kappa shape index (κ2) is 6.23. The van der Waals surface area contributed by atoms with Gasteiger partial charge in [0.15, 0.2) is 0 Å². The molecule has 1 amide bonds. The first-order chi connectivity index (χ1) is 8.99. The molecule has 0 atom stereocenters. The molecule has 1 heterocycles. The molecule has 0 spiro atoms. The Kier molecular flexibility index (Phi) is 4.85. The van der Waals surface area contributed by atoms with E-state index in [1.54, 1.807) is 0 Å². The Morgan fingerprint density at radius 3 is 2.42 bits per heavy atom. The number of rotatable bonds is 4. The van der Waals surface area contributed by atoms with E-state index in [0.717, 1.165) is 57.5 Å². The monoisotopic (exact) mass is 267 g/mol. The molecule has 0 aromatic rings. The normalized spacial score (nSPS) is 24.8. The molecule has 2 fully saturated rings. The second-order valence-corrected chi connectivity index (χ2v) is 6.81. The molecule has 3 N–H and O–H groups in total. The summed E-state index contributed by atoms with van der Waals surface area (Å²) in [5, 5.41) is 3.18. The molecule has 0 unspecified atom stereocenters. The molecular formula is C15H29N3O. The van der Waals surface area contributed by atoms with Crippen LogP contribution < -0.4 is 11.1 Å². The number of carbonyl (C=O) groups excluding carboxylic acids is 1. The number of hydrogen-bond acceptors (Lipinski definition) is 3. The SMILES string of the molecule is CC(C)CN1CCC(NC(=O)C2(N)CCCC2)CC1. The van der Waals surface area contributed by atoms with Crippen LogP contribution in [-0.2, 0) is 4.79 Å². The van der Waals surface area contributed by atoms with Crippen molar-refractivity contribution in [1.29, 1.82) is 0 Å². The quantitative estimate of drug-likeness (QED) is 0.811. The van der Waals surface area contributed by atoms with E-state index in [-0.39, 0.29) is 5.91 Å². The summed E-state index contributed by atoms with van der Waals surface area (Å²) < 4.78 is 0. The zero-order valence-electron chi connectivity index (χ0n) is 12.5. The van der Waals surface area contributed by atoms with Crippen molar-refractivity contribution >= 4 is 5.91 Å². The van der Waals surface area contributed by atoms with Crippen LogP contribution in [0.4, 0.5) is 0 Å². The topological polar surface area (TPSA) is 58.4 Å². The number of piperidine rings is 1. The van der Waals surface area contributed by atoms with Gasteiger partial charge in [0.2, 0.25) is 5.91 Å². The number of nitrogens with two attached hydrogens (primary N) is 1. The van der Waals surface area contributed by atoms with Crippen LogP contribution in [0.1, 0.15) is 52.4 Å². The molecular weight excluding hydrogens is 238 g/mol. The van der Waals surface area contributed by atoms with Gasteiger partial charge in [-0.1, -0.05) is 26.7 Å². The van der Waals surface area contributed by atoms with Gasteiger partial charge in [-0.2, -0.15) is 0 Å². The van der Waals surface area contributed by atoms with Crippen molar-refractivity contribution in [2.24, 2.45) is 11.7 Å². The minimum atomic E-state index is -0.574. The van der Waals surface area contributed by atoms with Gasteiger partial charge in [-0.15, -0.1) is 0 Å². The van der Waals surface area contributed by atoms with Gasteiger partial charge in [-0.05, 0) is 31.6 Å². The number of hydrogen-bond donors (Lipinski definition) is 2. The number of carbonyl (C=O) groups is 1. The van der Waals surface area contributed by atoms with Crippen LogP contribution in [0.5, 0.6) is 0 Å². The van der Waals surface area contributed by atoms with E-state index in [1.165, 1.54) is 6.54 Å². The van der Waals surface area contributed by atoms with Crippen molar-refractivity contribution in [2.75, 3.05) is 19.6 Å². The summed E-state index contributed by atoms with van der Waals surface area (Å²) in [5.41, 5.74) is 5.62. The summed E-state index contributed by atoms with van der Waals surface area (Å²) in [6, 6.07) is 0.330. The highest BCUT2D eigenvalue weighted by Crippen LogP contribution is 2.27. The van der Waals surface area contributed by atoms with Gasteiger partial charge in [0.1, 0.15) is 0 Å². The first-order valence-corrected chi connectivity index (χ1v) is 7.82. The van der Waals surface area contributed by atoms with E-state index in [2.05, 4.69) is 24.1 Å². The third-order valence-corrected chi connectivity index (χ3v) is 4.49. The molecule has 1 saturated carbocycles. The van der Waals surface area contributed by atoms with Crippen molar-refractivity contribution in [1.82, 2.24) is 10.2 Å². The van der Waals surface area contributed by atoms with Crippen molar-refractivity contribution in [3.8, 4) is 0 Å². The summed E-state index contributed by atoms with van der Waals surface area (Å²) in [7, 11) is 0. The first kappa shape index (κ1) is 14.8. The van der Waals surface area contributed by atoms with Crippen LogP contribution in [0, 0.1) is 5.92 Å². The van der Waals surface area contributed by atoms with Crippen LogP contribution in [0.3, 0.4) is 0 Å². The fourth-order valence-corrected chi connectivity index (χ4v) is 3.34. The Hall–Kier alpha value is -0.610. The Morgan fingerprint density at radius 2 is 1.89 bits per heavy atom.